The van der Waals surface area contributed by atoms with Gasteiger partial charge in [-0.15, -0.1) is 0 Å². The molecule has 0 atom stereocenters. The van der Waals surface area contributed by atoms with Crippen LogP contribution >= 0.6 is 0 Å². The zero-order valence-corrected chi connectivity index (χ0v) is 20.0. The minimum atomic E-state index is 0.655. The van der Waals surface area contributed by atoms with Crippen LogP contribution in [0.5, 0.6) is 0 Å². The van der Waals surface area contributed by atoms with Crippen molar-refractivity contribution in [3.05, 3.63) is 72.6 Å². The monoisotopic (exact) mass is 439 g/mol. The van der Waals surface area contributed by atoms with Crippen molar-refractivity contribution in [2.75, 3.05) is 25.5 Å². The van der Waals surface area contributed by atoms with E-state index in [2.05, 4.69) is 51.6 Å². The molecule has 1 saturated heterocycles. The van der Waals surface area contributed by atoms with Crippen LogP contribution in [-0.4, -0.2) is 29.7 Å². The second-order valence-electron chi connectivity index (χ2n) is 7.68. The van der Waals surface area contributed by atoms with Crippen LogP contribution in [0.4, 0.5) is 5.69 Å². The summed E-state index contributed by atoms with van der Waals surface area (Å²) in [6, 6.07) is 20.3. The quantitative estimate of drug-likeness (QED) is 0.398. The summed E-state index contributed by atoms with van der Waals surface area (Å²) in [5.41, 5.74) is 6.95. The Hall–Kier alpha value is -3.62. The highest BCUT2D eigenvalue weighted by Crippen LogP contribution is 2.37. The van der Waals surface area contributed by atoms with Gasteiger partial charge >= 0.3 is 0 Å². The minimum absolute atomic E-state index is 0.655. The Morgan fingerprint density at radius 2 is 1.58 bits per heavy atom. The van der Waals surface area contributed by atoms with Gasteiger partial charge in [-0.3, -0.25) is 4.98 Å². The first-order valence-corrected chi connectivity index (χ1v) is 11.6. The van der Waals surface area contributed by atoms with Crippen molar-refractivity contribution in [2.24, 2.45) is 7.05 Å². The summed E-state index contributed by atoms with van der Waals surface area (Å²) in [5.74, 6) is 0. The van der Waals surface area contributed by atoms with Gasteiger partial charge in [0.2, 0.25) is 0 Å². The van der Waals surface area contributed by atoms with Gasteiger partial charge in [-0.1, -0.05) is 38.1 Å². The molecule has 5 rings (SSSR count). The maximum atomic E-state index is 9.08. The Morgan fingerprint density at radius 1 is 0.939 bits per heavy atom. The molecule has 0 amide bonds. The number of anilines is 1. The SMILES string of the molecule is C1CCNC1.CC.CNc1ccc(-c2ncc3c(ccn3C)c2-c2ccc(C#N)cc2)cc1. The van der Waals surface area contributed by atoms with Gasteiger partial charge < -0.3 is 15.2 Å². The molecule has 1 fully saturated rings. The van der Waals surface area contributed by atoms with Gasteiger partial charge in [0.1, 0.15) is 0 Å². The van der Waals surface area contributed by atoms with Crippen LogP contribution in [0.1, 0.15) is 32.3 Å². The van der Waals surface area contributed by atoms with Gasteiger partial charge in [-0.25, -0.2) is 0 Å². The third-order valence-electron chi connectivity index (χ3n) is 5.65. The predicted molar refractivity (Wildman–Crippen MR) is 139 cm³/mol. The molecule has 5 nitrogen and oxygen atoms in total. The average molecular weight is 440 g/mol. The molecule has 0 aliphatic carbocycles. The van der Waals surface area contributed by atoms with Crippen molar-refractivity contribution in [3.8, 4) is 28.5 Å². The molecule has 5 heteroatoms. The van der Waals surface area contributed by atoms with E-state index >= 15 is 0 Å². The first kappa shape index (κ1) is 24.0. The Morgan fingerprint density at radius 3 is 2.12 bits per heavy atom. The van der Waals surface area contributed by atoms with Gasteiger partial charge in [-0.05, 0) is 61.8 Å². The zero-order valence-electron chi connectivity index (χ0n) is 20.0. The van der Waals surface area contributed by atoms with Crippen molar-refractivity contribution in [2.45, 2.75) is 26.7 Å². The van der Waals surface area contributed by atoms with Crippen molar-refractivity contribution in [1.82, 2.24) is 14.9 Å². The van der Waals surface area contributed by atoms with E-state index in [-0.39, 0.29) is 0 Å². The molecule has 0 spiro atoms. The van der Waals surface area contributed by atoms with Gasteiger partial charge in [0.15, 0.2) is 0 Å². The number of pyridine rings is 1. The van der Waals surface area contributed by atoms with Crippen LogP contribution in [0.15, 0.2) is 67.0 Å². The summed E-state index contributed by atoms with van der Waals surface area (Å²) in [5, 5.41) is 16.6. The highest BCUT2D eigenvalue weighted by Gasteiger charge is 2.15. The highest BCUT2D eigenvalue weighted by atomic mass is 14.9. The maximum Gasteiger partial charge on any atom is 0.0991 e. The van der Waals surface area contributed by atoms with Crippen LogP contribution in [0.25, 0.3) is 33.3 Å². The van der Waals surface area contributed by atoms with E-state index in [0.717, 1.165) is 39.0 Å². The summed E-state index contributed by atoms with van der Waals surface area (Å²) < 4.78 is 2.07. The lowest BCUT2D eigenvalue weighted by Crippen LogP contribution is -2.03. The maximum absolute atomic E-state index is 9.08. The predicted octanol–water partition coefficient (Wildman–Crippen LogP) is 6.22. The number of hydrogen-bond acceptors (Lipinski definition) is 4. The second-order valence-corrected chi connectivity index (χ2v) is 7.68. The number of nitrogens with zero attached hydrogens (tertiary/aromatic N) is 3. The van der Waals surface area contributed by atoms with Crippen LogP contribution < -0.4 is 10.6 Å². The fourth-order valence-corrected chi connectivity index (χ4v) is 3.87. The summed E-state index contributed by atoms with van der Waals surface area (Å²) in [6.07, 6.45) is 6.75. The first-order valence-electron chi connectivity index (χ1n) is 11.6. The molecule has 170 valence electrons. The molecule has 0 saturated carbocycles. The second kappa shape index (κ2) is 11.8. The van der Waals surface area contributed by atoms with E-state index in [0.29, 0.717) is 5.56 Å². The molecule has 4 aromatic rings. The van der Waals surface area contributed by atoms with E-state index in [1.54, 1.807) is 0 Å². The number of aromatic nitrogens is 2. The van der Waals surface area contributed by atoms with Crippen molar-refractivity contribution >= 4 is 16.6 Å². The van der Waals surface area contributed by atoms with E-state index in [4.69, 9.17) is 10.2 Å². The number of nitriles is 1. The third-order valence-corrected chi connectivity index (χ3v) is 5.65. The largest absolute Gasteiger partial charge is 0.388 e. The van der Waals surface area contributed by atoms with E-state index in [9.17, 15) is 0 Å². The van der Waals surface area contributed by atoms with Crippen LogP contribution in [0, 0.1) is 11.3 Å². The van der Waals surface area contributed by atoms with Gasteiger partial charge in [0.25, 0.3) is 0 Å². The summed E-state index contributed by atoms with van der Waals surface area (Å²) in [7, 11) is 3.93. The Balaban J connectivity index is 0.000000381. The topological polar surface area (TPSA) is 65.7 Å². The molecule has 1 aliphatic rings. The molecule has 2 aromatic heterocycles. The molecule has 0 unspecified atom stereocenters. The van der Waals surface area contributed by atoms with Crippen molar-refractivity contribution < 1.29 is 0 Å². The summed E-state index contributed by atoms with van der Waals surface area (Å²) in [6.45, 7) is 6.50. The first-order chi connectivity index (χ1) is 16.2. The average Bonchev–Trinajstić information content (AvgIpc) is 3.59. The molecule has 2 aromatic carbocycles. The number of rotatable bonds is 3. The van der Waals surface area contributed by atoms with Crippen LogP contribution in [-0.2, 0) is 7.05 Å². The number of benzene rings is 2. The minimum Gasteiger partial charge on any atom is -0.388 e. The van der Waals surface area contributed by atoms with E-state index in [1.807, 2.05) is 64.6 Å². The molecule has 0 bridgehead atoms. The molecular weight excluding hydrogens is 406 g/mol. The Labute approximate surface area is 197 Å². The lowest BCUT2D eigenvalue weighted by Gasteiger charge is -2.12. The van der Waals surface area contributed by atoms with Gasteiger partial charge in [-0.2, -0.15) is 5.26 Å². The van der Waals surface area contributed by atoms with Crippen LogP contribution in [0.3, 0.4) is 0 Å². The Bertz CT molecular complexity index is 1190. The van der Waals surface area contributed by atoms with E-state index < -0.39 is 0 Å². The molecule has 2 N–H and O–H groups in total. The molecule has 33 heavy (non-hydrogen) atoms. The van der Waals surface area contributed by atoms with Crippen molar-refractivity contribution in [3.63, 3.8) is 0 Å². The van der Waals surface area contributed by atoms with Gasteiger partial charge in [0, 0.05) is 42.5 Å². The number of aryl methyl sites for hydroxylation is 1. The fourth-order valence-electron chi connectivity index (χ4n) is 3.87. The molecule has 0 radical (unpaired) electrons. The van der Waals surface area contributed by atoms with E-state index in [1.165, 1.54) is 25.9 Å². The smallest absolute Gasteiger partial charge is 0.0991 e. The standard InChI is InChI=1S/C22H18N4.C4H9N.C2H6/c1-24-18-9-7-17(8-10-18)22-21(16-5-3-15(13-23)4-6-16)19-11-12-26(2)20(19)14-25-22;1-2-4-5-3-1;1-2/h3-12,14,24H,1-2H3;5H,1-4H2;1-2H3. The fraction of sp³-hybridized carbons (Fsp3) is 0.286. The summed E-state index contributed by atoms with van der Waals surface area (Å²) >= 11 is 0. The van der Waals surface area contributed by atoms with Crippen molar-refractivity contribution in [1.29, 1.82) is 5.26 Å². The highest BCUT2D eigenvalue weighted by molar-refractivity contribution is 6.01. The lowest BCUT2D eigenvalue weighted by molar-refractivity contribution is 0.857. The molecular formula is C28H33N5. The van der Waals surface area contributed by atoms with Crippen LogP contribution in [0.2, 0.25) is 0 Å². The molecule has 3 heterocycles. The molecule has 1 aliphatic heterocycles. The number of hydrogen-bond donors (Lipinski definition) is 2. The normalized spacial score (nSPS) is 12.2. The number of nitrogens with one attached hydrogen (secondary N) is 2. The summed E-state index contributed by atoms with van der Waals surface area (Å²) in [4.78, 5) is 4.78. The third kappa shape index (κ3) is 5.60. The zero-order chi connectivity index (χ0) is 23.6. The lowest BCUT2D eigenvalue weighted by atomic mass is 9.95. The van der Waals surface area contributed by atoms with Gasteiger partial charge in [0.05, 0.1) is 29.0 Å². The Kier molecular flexibility index (Phi) is 8.63. The number of fused-ring (bicyclic) bond motifs is 1.